The molecule has 0 saturated carbocycles. The number of ether oxygens (including phenoxy) is 1. The second kappa shape index (κ2) is 7.41. The molecule has 126 valence electrons. The minimum absolute atomic E-state index is 0.168. The van der Waals surface area contributed by atoms with E-state index in [0.717, 1.165) is 13.1 Å². The molecule has 2 atom stereocenters. The maximum absolute atomic E-state index is 12.2. The topological polar surface area (TPSA) is 84.7 Å². The van der Waals surface area contributed by atoms with Crippen molar-refractivity contribution in [1.29, 1.82) is 0 Å². The number of anilines is 1. The van der Waals surface area contributed by atoms with Crippen LogP contribution in [0.25, 0.3) is 0 Å². The second-order valence-corrected chi connectivity index (χ2v) is 6.33. The monoisotopic (exact) mass is 321 g/mol. The van der Waals surface area contributed by atoms with Crippen LogP contribution in [0, 0.1) is 22.0 Å². The van der Waals surface area contributed by atoms with Crippen molar-refractivity contribution < 1.29 is 14.5 Å². The van der Waals surface area contributed by atoms with Crippen LogP contribution in [0.1, 0.15) is 20.3 Å². The molecule has 1 heterocycles. The lowest BCUT2D eigenvalue weighted by Gasteiger charge is -2.34. The van der Waals surface area contributed by atoms with E-state index in [4.69, 9.17) is 4.74 Å². The van der Waals surface area contributed by atoms with E-state index in [1.165, 1.54) is 25.7 Å². The van der Waals surface area contributed by atoms with Gasteiger partial charge in [-0.1, -0.05) is 13.8 Å². The molecule has 1 saturated heterocycles. The largest absolute Gasteiger partial charge is 0.496 e. The van der Waals surface area contributed by atoms with E-state index >= 15 is 0 Å². The van der Waals surface area contributed by atoms with Crippen LogP contribution in [-0.4, -0.2) is 42.5 Å². The summed E-state index contributed by atoms with van der Waals surface area (Å²) in [5.41, 5.74) is 0.0250. The molecular weight excluding hydrogens is 298 g/mol. The molecule has 1 fully saturated rings. The Morgan fingerprint density at radius 3 is 2.61 bits per heavy atom. The highest BCUT2D eigenvalue weighted by Crippen LogP contribution is 2.29. The van der Waals surface area contributed by atoms with Crippen molar-refractivity contribution in [3.8, 4) is 5.75 Å². The molecule has 0 aromatic heterocycles. The predicted molar refractivity (Wildman–Crippen MR) is 87.7 cm³/mol. The molecule has 23 heavy (non-hydrogen) atoms. The van der Waals surface area contributed by atoms with E-state index in [1.54, 1.807) is 6.07 Å². The minimum atomic E-state index is -0.525. The maximum Gasteiger partial charge on any atom is 0.296 e. The fourth-order valence-corrected chi connectivity index (χ4v) is 3.21. The van der Waals surface area contributed by atoms with Gasteiger partial charge in [-0.2, -0.15) is 0 Å². The number of methoxy groups -OCH3 is 1. The Morgan fingerprint density at radius 1 is 1.39 bits per heavy atom. The van der Waals surface area contributed by atoms with Crippen molar-refractivity contribution in [1.82, 2.24) is 4.90 Å². The number of likely N-dealkylation sites (tertiary alicyclic amines) is 1. The number of rotatable bonds is 5. The lowest BCUT2D eigenvalue weighted by molar-refractivity contribution is -0.384. The van der Waals surface area contributed by atoms with Gasteiger partial charge in [0.05, 0.1) is 24.6 Å². The Balaban J connectivity index is 2.04. The standard InChI is InChI=1S/C16H23N3O4/c1-11-6-12(2)9-18(8-11)10-16(20)17-14-5-4-13(23-3)7-15(14)19(21)22/h4-5,7,11-12H,6,8-10H2,1-3H3,(H,17,20)/t11-,12-/m1/s1. The summed E-state index contributed by atoms with van der Waals surface area (Å²) in [5.74, 6) is 1.26. The summed E-state index contributed by atoms with van der Waals surface area (Å²) in [6.07, 6.45) is 1.17. The van der Waals surface area contributed by atoms with Gasteiger partial charge >= 0.3 is 0 Å². The van der Waals surface area contributed by atoms with Crippen LogP contribution in [0.2, 0.25) is 0 Å². The highest BCUT2D eigenvalue weighted by atomic mass is 16.6. The van der Waals surface area contributed by atoms with Crippen molar-refractivity contribution in [3.05, 3.63) is 28.3 Å². The summed E-state index contributed by atoms with van der Waals surface area (Å²) >= 11 is 0. The summed E-state index contributed by atoms with van der Waals surface area (Å²) in [5, 5.41) is 13.8. The first-order chi connectivity index (χ1) is 10.9. The van der Waals surface area contributed by atoms with Crippen molar-refractivity contribution in [2.75, 3.05) is 32.1 Å². The number of piperidine rings is 1. The average Bonchev–Trinajstić information content (AvgIpc) is 2.46. The van der Waals surface area contributed by atoms with Gasteiger partial charge in [0.1, 0.15) is 11.4 Å². The normalized spacial score (nSPS) is 21.7. The van der Waals surface area contributed by atoms with Crippen LogP contribution in [0.3, 0.4) is 0 Å². The van der Waals surface area contributed by atoms with Gasteiger partial charge in [-0.15, -0.1) is 0 Å². The smallest absolute Gasteiger partial charge is 0.296 e. The van der Waals surface area contributed by atoms with E-state index in [1.807, 2.05) is 0 Å². The lowest BCUT2D eigenvalue weighted by Crippen LogP contribution is -2.42. The van der Waals surface area contributed by atoms with Gasteiger partial charge < -0.3 is 10.1 Å². The SMILES string of the molecule is COc1ccc(NC(=O)CN2C[C@H](C)C[C@@H](C)C2)c([N+](=O)[O-])c1. The Labute approximate surface area is 135 Å². The van der Waals surface area contributed by atoms with Crippen LogP contribution in [0.15, 0.2) is 18.2 Å². The quantitative estimate of drug-likeness (QED) is 0.665. The molecule has 1 amide bonds. The van der Waals surface area contributed by atoms with Crippen LogP contribution >= 0.6 is 0 Å². The fourth-order valence-electron chi connectivity index (χ4n) is 3.21. The minimum Gasteiger partial charge on any atom is -0.496 e. The molecule has 1 aromatic rings. The van der Waals surface area contributed by atoms with Crippen molar-refractivity contribution in [2.45, 2.75) is 20.3 Å². The van der Waals surface area contributed by atoms with Crippen molar-refractivity contribution in [3.63, 3.8) is 0 Å². The molecule has 2 rings (SSSR count). The molecule has 0 spiro atoms. The van der Waals surface area contributed by atoms with Gasteiger partial charge in [0, 0.05) is 13.1 Å². The van der Waals surface area contributed by atoms with Crippen molar-refractivity contribution in [2.24, 2.45) is 11.8 Å². The number of nitrogens with zero attached hydrogens (tertiary/aromatic N) is 2. The molecule has 0 bridgehead atoms. The molecule has 1 aliphatic rings. The van der Waals surface area contributed by atoms with Gasteiger partial charge in [0.2, 0.25) is 5.91 Å². The maximum atomic E-state index is 12.2. The van der Waals surface area contributed by atoms with E-state index in [-0.39, 0.29) is 23.8 Å². The number of hydrogen-bond acceptors (Lipinski definition) is 5. The van der Waals surface area contributed by atoms with Gasteiger partial charge in [0.15, 0.2) is 0 Å². The molecule has 0 radical (unpaired) electrons. The zero-order chi connectivity index (χ0) is 17.0. The number of hydrogen-bond donors (Lipinski definition) is 1. The second-order valence-electron chi connectivity index (χ2n) is 6.33. The van der Waals surface area contributed by atoms with Gasteiger partial charge in [-0.3, -0.25) is 19.8 Å². The third-order valence-corrected chi connectivity index (χ3v) is 3.99. The summed E-state index contributed by atoms with van der Waals surface area (Å²) < 4.78 is 4.98. The highest BCUT2D eigenvalue weighted by Gasteiger charge is 2.24. The van der Waals surface area contributed by atoms with Gasteiger partial charge in [0.25, 0.3) is 5.69 Å². The molecular formula is C16H23N3O4. The molecule has 7 heteroatoms. The number of nitrogens with one attached hydrogen (secondary N) is 1. The summed E-state index contributed by atoms with van der Waals surface area (Å²) in [7, 11) is 1.44. The molecule has 1 aromatic carbocycles. The van der Waals surface area contributed by atoms with E-state index in [2.05, 4.69) is 24.1 Å². The molecule has 1 aliphatic heterocycles. The Kier molecular flexibility index (Phi) is 5.54. The number of nitro groups is 1. The highest BCUT2D eigenvalue weighted by molar-refractivity contribution is 5.94. The van der Waals surface area contributed by atoms with Crippen molar-refractivity contribution >= 4 is 17.3 Å². The number of nitro benzene ring substituents is 1. The fraction of sp³-hybridized carbons (Fsp3) is 0.562. The van der Waals surface area contributed by atoms with Crippen LogP contribution in [0.5, 0.6) is 5.75 Å². The molecule has 0 unspecified atom stereocenters. The van der Waals surface area contributed by atoms with Crippen LogP contribution in [-0.2, 0) is 4.79 Å². The first-order valence-electron chi connectivity index (χ1n) is 7.73. The lowest BCUT2D eigenvalue weighted by atomic mass is 9.92. The van der Waals surface area contributed by atoms with Crippen LogP contribution < -0.4 is 10.1 Å². The molecule has 1 N–H and O–H groups in total. The Morgan fingerprint density at radius 2 is 2.04 bits per heavy atom. The average molecular weight is 321 g/mol. The number of amides is 1. The number of carbonyl (C=O) groups excluding carboxylic acids is 1. The first-order valence-corrected chi connectivity index (χ1v) is 7.73. The molecule has 7 nitrogen and oxygen atoms in total. The van der Waals surface area contributed by atoms with Crippen LogP contribution in [0.4, 0.5) is 11.4 Å². The summed E-state index contributed by atoms with van der Waals surface area (Å²) in [6, 6.07) is 4.39. The van der Waals surface area contributed by atoms with Gasteiger partial charge in [-0.05, 0) is 30.4 Å². The molecule has 0 aliphatic carbocycles. The number of carbonyl (C=O) groups is 1. The third-order valence-electron chi connectivity index (χ3n) is 3.99. The summed E-state index contributed by atoms with van der Waals surface area (Å²) in [4.78, 5) is 24.9. The number of benzene rings is 1. The zero-order valence-corrected chi connectivity index (χ0v) is 13.7. The van der Waals surface area contributed by atoms with E-state index < -0.39 is 4.92 Å². The Bertz CT molecular complexity index is 581. The Hall–Kier alpha value is -2.15. The van der Waals surface area contributed by atoms with E-state index in [9.17, 15) is 14.9 Å². The predicted octanol–water partition coefficient (Wildman–Crippen LogP) is 2.52. The third kappa shape index (κ3) is 4.66. The van der Waals surface area contributed by atoms with E-state index in [0.29, 0.717) is 17.6 Å². The zero-order valence-electron chi connectivity index (χ0n) is 13.7. The first kappa shape index (κ1) is 17.2. The van der Waals surface area contributed by atoms with Gasteiger partial charge in [-0.25, -0.2) is 0 Å². The summed E-state index contributed by atoms with van der Waals surface area (Å²) in [6.45, 7) is 6.35.